The van der Waals surface area contributed by atoms with Crippen molar-refractivity contribution in [3.05, 3.63) is 182 Å². The molecule has 2 fully saturated rings. The van der Waals surface area contributed by atoms with Gasteiger partial charge in [0.2, 0.25) is 0 Å². The lowest BCUT2D eigenvalue weighted by Crippen LogP contribution is -2.48. The summed E-state index contributed by atoms with van der Waals surface area (Å²) in [6.07, 6.45) is -0.111. The molecule has 0 N–H and O–H groups in total. The van der Waals surface area contributed by atoms with Gasteiger partial charge in [-0.3, -0.25) is 4.67 Å². The molecule has 0 aliphatic carbocycles. The Kier molecular flexibility index (Phi) is 8.19. The molecular weight excluding hydrogens is 631 g/mol. The van der Waals surface area contributed by atoms with Gasteiger partial charge in [0.05, 0.1) is 0 Å². The molecule has 0 saturated carbocycles. The van der Waals surface area contributed by atoms with Gasteiger partial charge >= 0.3 is 12.6 Å². The van der Waals surface area contributed by atoms with Crippen molar-refractivity contribution in [2.45, 2.75) is 24.2 Å². The largest absolute Gasteiger partial charge is 0.400 e. The maximum atomic E-state index is 7.88. The quantitative estimate of drug-likeness (QED) is 0.123. The van der Waals surface area contributed by atoms with E-state index in [1.165, 1.54) is 31.8 Å². The Bertz CT molecular complexity index is 1810. The summed E-state index contributed by atoms with van der Waals surface area (Å²) in [7, 11) is -3.79. The van der Waals surface area contributed by atoms with Crippen LogP contribution in [-0.4, -0.2) is 28.9 Å². The zero-order valence-corrected chi connectivity index (χ0v) is 29.3. The van der Waals surface area contributed by atoms with Crippen LogP contribution in [0.1, 0.15) is 6.92 Å². The fourth-order valence-corrected chi connectivity index (χ4v) is 22.2. The van der Waals surface area contributed by atoms with Gasteiger partial charge < -0.3 is 0 Å². The Balaban J connectivity index is 1.45. The molecule has 2 saturated heterocycles. The second-order valence-corrected chi connectivity index (χ2v) is 21.0. The average Bonchev–Trinajstić information content (AvgIpc) is 3.77. The highest BCUT2D eigenvalue weighted by atomic mass is 31.3. The number of hydrogen-bond donors (Lipinski definition) is 0. The van der Waals surface area contributed by atoms with E-state index in [2.05, 4.69) is 201 Å². The van der Waals surface area contributed by atoms with Crippen molar-refractivity contribution in [1.82, 2.24) is 4.67 Å². The fraction of sp³-hybridized carbons (Fsp3) is 0.122. The molecule has 3 atom stereocenters. The first kappa shape index (κ1) is 30.8. The van der Waals surface area contributed by atoms with Crippen molar-refractivity contribution < 1.29 is 9.05 Å². The molecule has 2 aliphatic heterocycles. The summed E-state index contributed by atoms with van der Waals surface area (Å²) in [5, 5.41) is 7.00. The van der Waals surface area contributed by atoms with E-state index in [0.717, 1.165) is 0 Å². The normalized spacial score (nSPS) is 22.5. The van der Waals surface area contributed by atoms with Crippen LogP contribution in [0.4, 0.5) is 0 Å². The van der Waals surface area contributed by atoms with E-state index >= 15 is 0 Å². The molecule has 2 unspecified atom stereocenters. The summed E-state index contributed by atoms with van der Waals surface area (Å²) >= 11 is 0. The standard InChI is InChI=1S/C41H38NO2P3/c1-33-40(42(2)45(34-21-9-3-10-22-34)35-23-11-4-12-24-35)41(44-47(41,38-29-17-7-18-30-38)39-31-19-8-20-32-39)46(43-33,36-25-13-5-14-26-36)37-27-15-6-16-28-37/h3-33,40H,1-2H3/q+2/t33?,40?,41-/m1/s1. The Labute approximate surface area is 280 Å². The summed E-state index contributed by atoms with van der Waals surface area (Å²) in [6.45, 7) is 2.28. The molecule has 47 heavy (non-hydrogen) atoms. The Morgan fingerprint density at radius 3 is 1.17 bits per heavy atom. The van der Waals surface area contributed by atoms with Crippen molar-refractivity contribution in [3.8, 4) is 0 Å². The van der Waals surface area contributed by atoms with Gasteiger partial charge in [0.1, 0.15) is 27.3 Å². The SMILES string of the molecule is CC1O[P+](c2ccccc2)(c2ccccc2)[C@]2(O[P+]2(c2ccccc2)c2ccccc2)C1N(C)P(c1ccccc1)c1ccccc1. The molecule has 0 bridgehead atoms. The molecule has 6 aromatic carbocycles. The van der Waals surface area contributed by atoms with Crippen LogP contribution in [0.25, 0.3) is 0 Å². The van der Waals surface area contributed by atoms with E-state index in [0.29, 0.717) is 0 Å². The zero-order chi connectivity index (χ0) is 31.9. The highest BCUT2D eigenvalue weighted by Crippen LogP contribution is 3.03. The van der Waals surface area contributed by atoms with E-state index < -0.39 is 28.1 Å². The molecule has 1 spiro atoms. The Hall–Kier alpha value is -3.51. The minimum absolute atomic E-state index is 0.0449. The zero-order valence-electron chi connectivity index (χ0n) is 26.6. The van der Waals surface area contributed by atoms with E-state index in [9.17, 15) is 0 Å². The van der Waals surface area contributed by atoms with E-state index in [1.54, 1.807) is 0 Å². The molecule has 232 valence electrons. The topological polar surface area (TPSA) is 25.0 Å². The maximum Gasteiger partial charge on any atom is 0.400 e. The van der Waals surface area contributed by atoms with Crippen molar-refractivity contribution >= 4 is 54.9 Å². The lowest BCUT2D eigenvalue weighted by atomic mass is 10.2. The smallest absolute Gasteiger partial charge is 0.262 e. The van der Waals surface area contributed by atoms with E-state index in [1.807, 2.05) is 0 Å². The maximum absolute atomic E-state index is 7.88. The third kappa shape index (κ3) is 4.72. The van der Waals surface area contributed by atoms with Gasteiger partial charge in [-0.15, -0.1) is 4.52 Å². The molecule has 3 nitrogen and oxygen atoms in total. The van der Waals surface area contributed by atoms with Crippen LogP contribution in [0.15, 0.2) is 182 Å². The number of likely N-dealkylation sites (N-methyl/N-ethyl adjacent to an activating group) is 1. The minimum Gasteiger partial charge on any atom is -0.262 e. The first-order chi connectivity index (χ1) is 23.1. The summed E-state index contributed by atoms with van der Waals surface area (Å²) < 4.78 is 18.3. The number of rotatable bonds is 8. The van der Waals surface area contributed by atoms with E-state index in [-0.39, 0.29) is 12.1 Å². The molecule has 0 radical (unpaired) electrons. The summed E-state index contributed by atoms with van der Waals surface area (Å²) in [4.78, 5) is 0. The number of nitrogens with zero attached hydrogens (tertiary/aromatic N) is 1. The van der Waals surface area contributed by atoms with Crippen LogP contribution in [0.2, 0.25) is 0 Å². The first-order valence-electron chi connectivity index (χ1n) is 16.2. The van der Waals surface area contributed by atoms with Gasteiger partial charge in [0, 0.05) is 8.07 Å². The number of benzene rings is 6. The Morgan fingerprint density at radius 1 is 0.489 bits per heavy atom. The van der Waals surface area contributed by atoms with Crippen molar-refractivity contribution in [2.75, 3.05) is 7.05 Å². The molecule has 2 heterocycles. The highest BCUT2D eigenvalue weighted by Gasteiger charge is 3.04. The Morgan fingerprint density at radius 2 is 0.809 bits per heavy atom. The average molecular weight is 670 g/mol. The van der Waals surface area contributed by atoms with Crippen LogP contribution in [0.5, 0.6) is 0 Å². The molecule has 0 aromatic heterocycles. The second-order valence-electron chi connectivity index (χ2n) is 12.1. The van der Waals surface area contributed by atoms with Crippen LogP contribution in [0.3, 0.4) is 0 Å². The van der Waals surface area contributed by atoms with Crippen LogP contribution >= 0.6 is 23.1 Å². The predicted octanol–water partition coefficient (Wildman–Crippen LogP) is 7.60. The lowest BCUT2D eigenvalue weighted by Gasteiger charge is -2.34. The summed E-state index contributed by atoms with van der Waals surface area (Å²) in [6, 6.07) is 66.0. The fourth-order valence-electron chi connectivity index (χ4n) is 7.69. The molecule has 0 amide bonds. The van der Waals surface area contributed by atoms with Crippen LogP contribution in [0, 0.1) is 0 Å². The summed E-state index contributed by atoms with van der Waals surface area (Å²) in [5.41, 5.74) is 0. The minimum atomic E-state index is -2.69. The highest BCUT2D eigenvalue weighted by molar-refractivity contribution is 8.07. The van der Waals surface area contributed by atoms with Gasteiger partial charge in [-0.2, -0.15) is 0 Å². The van der Waals surface area contributed by atoms with Gasteiger partial charge in [-0.25, -0.2) is 4.52 Å². The van der Waals surface area contributed by atoms with Gasteiger partial charge in [0.15, 0.2) is 6.04 Å². The molecule has 6 aromatic rings. The molecule has 6 heteroatoms. The predicted molar refractivity (Wildman–Crippen MR) is 203 cm³/mol. The molecule has 8 rings (SSSR count). The van der Waals surface area contributed by atoms with Gasteiger partial charge in [0.25, 0.3) is 7.49 Å². The summed E-state index contributed by atoms with van der Waals surface area (Å²) in [5.74, 6) is 0. The van der Waals surface area contributed by atoms with Crippen molar-refractivity contribution in [3.63, 3.8) is 0 Å². The second kappa shape index (κ2) is 12.5. The van der Waals surface area contributed by atoms with E-state index in [4.69, 9.17) is 9.05 Å². The van der Waals surface area contributed by atoms with Crippen molar-refractivity contribution in [1.29, 1.82) is 0 Å². The molecular formula is C41H38NO2P3+2. The van der Waals surface area contributed by atoms with Gasteiger partial charge in [-0.05, 0) is 73.1 Å². The van der Waals surface area contributed by atoms with Gasteiger partial charge in [-0.1, -0.05) is 133 Å². The third-order valence-electron chi connectivity index (χ3n) is 9.49. The van der Waals surface area contributed by atoms with Crippen molar-refractivity contribution in [2.24, 2.45) is 0 Å². The van der Waals surface area contributed by atoms with Crippen LogP contribution < -0.4 is 31.8 Å². The third-order valence-corrected chi connectivity index (χ3v) is 21.4. The lowest BCUT2D eigenvalue weighted by molar-refractivity contribution is 0.168. The molecule has 2 aliphatic rings. The number of hydrogen-bond acceptors (Lipinski definition) is 3. The van der Waals surface area contributed by atoms with Crippen LogP contribution in [-0.2, 0) is 9.05 Å². The first-order valence-corrected chi connectivity index (χ1v) is 20.9. The monoisotopic (exact) mass is 669 g/mol.